The normalized spacial score (nSPS) is 24.0. The smallest absolute Gasteiger partial charge is 0.166 e. The Morgan fingerprint density at radius 3 is 1.21 bits per heavy atom. The third kappa shape index (κ3) is 40.3. The second-order valence-corrected chi connectivity index (χ2v) is 29.1. The Bertz CT molecular complexity index is 1460. The number of likely N-dealkylation sites (N-methyl/N-ethyl adjacent to an activating group) is 1. The SMILES string of the molecule is CC(C)C1C=COCC1.CC(C)C1CCOCC1.CC(C)N1CCC(CO)CC1.CC(C)N1CCCCC1.CC(C)N1CCN(C)CC1.CC(C)N1CCOCC1.CC(C)[N+]1=CCOCC1.CC1CCN(C(C)C)C1.CC1CCN(C(C)C)CC1. The van der Waals surface area contributed by atoms with Gasteiger partial charge in [-0.2, -0.15) is 0 Å². The van der Waals surface area contributed by atoms with E-state index in [0.717, 1.165) is 126 Å². The minimum Gasteiger partial charge on any atom is -0.501 e. The fourth-order valence-electron chi connectivity index (χ4n) is 11.9. The molecule has 0 radical (unpaired) electrons. The van der Waals surface area contributed by atoms with Gasteiger partial charge in [-0.05, 0) is 262 Å². The number of aliphatic hydroxyl groups excluding tert-OH is 1. The Hall–Kier alpha value is -1.23. The first-order valence-electron chi connectivity index (χ1n) is 35.7. The molecule has 13 nitrogen and oxygen atoms in total. The van der Waals surface area contributed by atoms with Crippen molar-refractivity contribution in [3.63, 3.8) is 0 Å². The van der Waals surface area contributed by atoms with Gasteiger partial charge in [0.05, 0.1) is 26.1 Å². The van der Waals surface area contributed by atoms with E-state index >= 15 is 0 Å². The van der Waals surface area contributed by atoms with Crippen molar-refractivity contribution in [1.82, 2.24) is 34.3 Å². The molecule has 7 fully saturated rings. The largest absolute Gasteiger partial charge is 0.501 e. The number of allylic oxidation sites excluding steroid dienone is 1. The number of ether oxygens (including phenoxy) is 4. The second kappa shape index (κ2) is 49.5. The number of piperazine rings is 1. The number of rotatable bonds is 10. The summed E-state index contributed by atoms with van der Waals surface area (Å²) >= 11 is 0. The van der Waals surface area contributed by atoms with Crippen molar-refractivity contribution in [2.75, 3.05) is 158 Å². The summed E-state index contributed by atoms with van der Waals surface area (Å²) in [5.41, 5.74) is 0. The molecule has 2 unspecified atom stereocenters. The van der Waals surface area contributed by atoms with Crippen LogP contribution in [0.4, 0.5) is 0 Å². The lowest BCUT2D eigenvalue weighted by Gasteiger charge is -2.34. The van der Waals surface area contributed by atoms with Crippen molar-refractivity contribution in [3.05, 3.63) is 12.3 Å². The first-order chi connectivity index (χ1) is 40.4. The third-order valence-electron chi connectivity index (χ3n) is 19.2. The van der Waals surface area contributed by atoms with Crippen LogP contribution in [0.15, 0.2) is 12.3 Å². The van der Waals surface area contributed by atoms with Crippen LogP contribution in [0, 0.1) is 41.4 Å². The molecular weight excluding hydrogens is 1060 g/mol. The average Bonchev–Trinajstić information content (AvgIpc) is 3.98. The second-order valence-electron chi connectivity index (χ2n) is 29.1. The van der Waals surface area contributed by atoms with Gasteiger partial charge < -0.3 is 48.6 Å². The van der Waals surface area contributed by atoms with Crippen LogP contribution in [0.3, 0.4) is 0 Å². The summed E-state index contributed by atoms with van der Waals surface area (Å²) in [6.45, 7) is 70.6. The number of aliphatic hydroxyl groups is 1. The Labute approximate surface area is 530 Å². The Morgan fingerprint density at radius 2 is 0.882 bits per heavy atom. The van der Waals surface area contributed by atoms with E-state index in [1.807, 2.05) is 6.26 Å². The zero-order valence-corrected chi connectivity index (χ0v) is 60.5. The van der Waals surface area contributed by atoms with Crippen molar-refractivity contribution in [2.24, 2.45) is 41.4 Å². The Balaban J connectivity index is 0.000000478. The summed E-state index contributed by atoms with van der Waals surface area (Å²) in [6.07, 6.45) is 20.7. The van der Waals surface area contributed by atoms with Crippen LogP contribution < -0.4 is 0 Å². The summed E-state index contributed by atoms with van der Waals surface area (Å²) in [4.78, 5) is 17.5. The van der Waals surface area contributed by atoms with Crippen LogP contribution in [-0.2, 0) is 18.9 Å². The summed E-state index contributed by atoms with van der Waals surface area (Å²) in [5, 5.41) is 8.90. The molecule has 0 saturated carbocycles. The Morgan fingerprint density at radius 1 is 0.435 bits per heavy atom. The number of morpholine rings is 1. The predicted molar refractivity (Wildman–Crippen MR) is 368 cm³/mol. The van der Waals surface area contributed by atoms with Crippen molar-refractivity contribution in [3.8, 4) is 0 Å². The summed E-state index contributed by atoms with van der Waals surface area (Å²) in [7, 11) is 2.19. The van der Waals surface area contributed by atoms with E-state index in [1.54, 1.807) is 0 Å². The van der Waals surface area contributed by atoms with Crippen molar-refractivity contribution < 1.29 is 28.6 Å². The molecular formula is C72H149N8O5+. The molecule has 9 aliphatic rings. The lowest BCUT2D eigenvalue weighted by molar-refractivity contribution is -0.563. The molecule has 0 spiro atoms. The molecule has 0 aromatic heterocycles. The van der Waals surface area contributed by atoms with E-state index in [9.17, 15) is 0 Å². The van der Waals surface area contributed by atoms with E-state index in [0.29, 0.717) is 30.7 Å². The number of nitrogens with zero attached hydrogens (tertiary/aromatic N) is 8. The number of likely N-dealkylation sites (tertiary alicyclic amines) is 4. The number of hydrogen-bond acceptors (Lipinski definition) is 12. The molecule has 0 aromatic carbocycles. The molecule has 506 valence electrons. The van der Waals surface area contributed by atoms with Gasteiger partial charge in [0.2, 0.25) is 0 Å². The first kappa shape index (κ1) is 81.8. The molecule has 0 amide bonds. The van der Waals surface area contributed by atoms with Gasteiger partial charge in [-0.3, -0.25) is 9.80 Å². The molecule has 0 aromatic rings. The Kier molecular flexibility index (Phi) is 47.6. The molecule has 9 aliphatic heterocycles. The quantitative estimate of drug-likeness (QED) is 0.212. The minimum absolute atomic E-state index is 0.381. The van der Waals surface area contributed by atoms with Gasteiger partial charge in [0, 0.05) is 102 Å². The topological polar surface area (TPSA) is 82.8 Å². The molecule has 0 aliphatic carbocycles. The van der Waals surface area contributed by atoms with Crippen LogP contribution in [0.1, 0.15) is 209 Å². The van der Waals surface area contributed by atoms with Crippen LogP contribution in [0.25, 0.3) is 0 Å². The highest BCUT2D eigenvalue weighted by atomic mass is 16.5. The molecule has 9 heterocycles. The van der Waals surface area contributed by atoms with Gasteiger partial charge in [0.25, 0.3) is 0 Å². The maximum absolute atomic E-state index is 8.90. The van der Waals surface area contributed by atoms with Gasteiger partial charge in [0.15, 0.2) is 12.8 Å². The monoisotopic (exact) mass is 1210 g/mol. The highest BCUT2D eigenvalue weighted by Crippen LogP contribution is 2.23. The molecule has 2 atom stereocenters. The molecule has 1 N–H and O–H groups in total. The zero-order chi connectivity index (χ0) is 63.7. The summed E-state index contributed by atoms with van der Waals surface area (Å²) in [5.74, 6) is 5.78. The number of piperidine rings is 3. The van der Waals surface area contributed by atoms with Crippen molar-refractivity contribution in [2.45, 2.75) is 251 Å². The lowest BCUT2D eigenvalue weighted by Crippen LogP contribution is -2.47. The van der Waals surface area contributed by atoms with E-state index in [2.05, 4.69) is 197 Å². The van der Waals surface area contributed by atoms with Gasteiger partial charge in [-0.15, -0.1) is 0 Å². The van der Waals surface area contributed by atoms with E-state index in [1.165, 1.54) is 149 Å². The van der Waals surface area contributed by atoms with Crippen LogP contribution in [-0.4, -0.2) is 251 Å². The van der Waals surface area contributed by atoms with Gasteiger partial charge in [-0.25, -0.2) is 4.58 Å². The lowest BCUT2D eigenvalue weighted by atomic mass is 9.89. The maximum atomic E-state index is 8.90. The summed E-state index contributed by atoms with van der Waals surface area (Å²) in [6, 6.07) is 5.01. The van der Waals surface area contributed by atoms with Crippen molar-refractivity contribution in [1.29, 1.82) is 0 Å². The van der Waals surface area contributed by atoms with E-state index in [-0.39, 0.29) is 0 Å². The number of hydrogen-bond donors (Lipinski definition) is 1. The standard InChI is InChI=1S/C9H19NO.C9H19N.C8H18N2.2C8H17N.C8H16O.C8H14O.C7H15NO.C7H14NO/c1-8(2)10-5-3-9(7-11)4-6-10;2*1-8(2)10-6-4-9(3)5-7-10;1-7(2)9-5-4-8(3)6-9;1-8(2)9-6-4-3-5-7-9;4*1-7(2)8-3-5-9-6-4-8/h8-9,11H,3-7H2,1-2H3;8-9H,4-7H2,1-3H3;8H,4-7H2,1-3H3;7-8H,4-6H2,1-3H3;8H,3-7H2,1-2H3;7-8H,3-6H2,1-2H3;3,5,7-8H,4,6H2,1-2H3;7H,3-6H2,1-2H3;3,7H,4-6H2,1-2H3/q;;;;;;;;+1. The highest BCUT2D eigenvalue weighted by molar-refractivity contribution is 5.52. The first-order valence-corrected chi connectivity index (χ1v) is 35.7. The van der Waals surface area contributed by atoms with Crippen LogP contribution >= 0.6 is 0 Å². The van der Waals surface area contributed by atoms with Gasteiger partial charge in [-0.1, -0.05) is 48.0 Å². The third-order valence-corrected chi connectivity index (χ3v) is 19.2. The van der Waals surface area contributed by atoms with Crippen LogP contribution in [0.2, 0.25) is 0 Å². The fourth-order valence-corrected chi connectivity index (χ4v) is 11.9. The van der Waals surface area contributed by atoms with E-state index in [4.69, 9.17) is 24.1 Å². The van der Waals surface area contributed by atoms with E-state index < -0.39 is 0 Å². The molecule has 9 rings (SSSR count). The highest BCUT2D eigenvalue weighted by Gasteiger charge is 2.23. The van der Waals surface area contributed by atoms with Crippen molar-refractivity contribution >= 4 is 6.21 Å². The average molecular weight is 1210 g/mol. The molecule has 0 bridgehead atoms. The van der Waals surface area contributed by atoms with Gasteiger partial charge >= 0.3 is 0 Å². The van der Waals surface area contributed by atoms with Crippen LogP contribution in [0.5, 0.6) is 0 Å². The summed E-state index contributed by atoms with van der Waals surface area (Å²) < 4.78 is 23.0. The van der Waals surface area contributed by atoms with Gasteiger partial charge in [0.1, 0.15) is 19.3 Å². The molecule has 13 heteroatoms. The molecule has 85 heavy (non-hydrogen) atoms. The minimum atomic E-state index is 0.381. The maximum Gasteiger partial charge on any atom is 0.166 e. The molecule has 7 saturated heterocycles. The zero-order valence-electron chi connectivity index (χ0n) is 60.5. The predicted octanol–water partition coefficient (Wildman–Crippen LogP) is 13.0. The fraction of sp³-hybridized carbons (Fsp3) is 0.958.